The van der Waals surface area contributed by atoms with E-state index >= 15 is 0 Å². The van der Waals surface area contributed by atoms with E-state index in [1.54, 1.807) is 12.1 Å². The van der Waals surface area contributed by atoms with E-state index in [1.165, 1.54) is 0 Å². The molecule has 6 heteroatoms. The zero-order chi connectivity index (χ0) is 16.1. The van der Waals surface area contributed by atoms with E-state index in [0.29, 0.717) is 11.8 Å². The molecule has 2 amide bonds. The lowest BCUT2D eigenvalue weighted by atomic mass is 10.2. The topological polar surface area (TPSA) is 58.2 Å². The first-order chi connectivity index (χ1) is 10.4. The second-order valence-corrected chi connectivity index (χ2v) is 4.76. The van der Waals surface area contributed by atoms with Crippen molar-refractivity contribution in [3.63, 3.8) is 0 Å². The molecule has 0 saturated heterocycles. The molecule has 22 heavy (non-hydrogen) atoms. The standard InChI is InChI=1S/C16H14F2N2O2/c1-10-2-5-12(6-3-10)19-15(21)9-16(22)20-14-7-4-11(17)8-13(14)18/h2-8H,9H2,1H3,(H,19,21)(H,20,22). The normalized spacial score (nSPS) is 10.1. The fraction of sp³-hybridized carbons (Fsp3) is 0.125. The number of amides is 2. The molecule has 0 saturated carbocycles. The Bertz CT molecular complexity index is 700. The van der Waals surface area contributed by atoms with Crippen molar-refractivity contribution in [1.82, 2.24) is 0 Å². The highest BCUT2D eigenvalue weighted by atomic mass is 19.1. The number of anilines is 2. The molecule has 2 aromatic rings. The van der Waals surface area contributed by atoms with Crippen molar-refractivity contribution >= 4 is 23.2 Å². The average molecular weight is 304 g/mol. The van der Waals surface area contributed by atoms with Gasteiger partial charge in [0.2, 0.25) is 11.8 Å². The Hall–Kier alpha value is -2.76. The van der Waals surface area contributed by atoms with Gasteiger partial charge in [-0.3, -0.25) is 9.59 Å². The quantitative estimate of drug-likeness (QED) is 0.852. The maximum absolute atomic E-state index is 13.4. The predicted molar refractivity (Wildman–Crippen MR) is 79.4 cm³/mol. The van der Waals surface area contributed by atoms with Gasteiger partial charge in [0.25, 0.3) is 0 Å². The van der Waals surface area contributed by atoms with Crippen LogP contribution in [0.5, 0.6) is 0 Å². The third-order valence-corrected chi connectivity index (χ3v) is 2.86. The van der Waals surface area contributed by atoms with Gasteiger partial charge in [-0.2, -0.15) is 0 Å². The zero-order valence-electron chi connectivity index (χ0n) is 11.8. The summed E-state index contributed by atoms with van der Waals surface area (Å²) in [5.74, 6) is -2.85. The first kappa shape index (κ1) is 15.6. The first-order valence-corrected chi connectivity index (χ1v) is 6.55. The number of hydrogen-bond donors (Lipinski definition) is 2. The summed E-state index contributed by atoms with van der Waals surface area (Å²) in [6, 6.07) is 9.84. The van der Waals surface area contributed by atoms with Crippen molar-refractivity contribution in [1.29, 1.82) is 0 Å². The van der Waals surface area contributed by atoms with Gasteiger partial charge >= 0.3 is 0 Å². The molecule has 0 aromatic heterocycles. The number of benzene rings is 2. The second-order valence-electron chi connectivity index (χ2n) is 4.76. The van der Waals surface area contributed by atoms with Crippen LogP contribution >= 0.6 is 0 Å². The molecule has 0 aliphatic heterocycles. The highest BCUT2D eigenvalue weighted by Crippen LogP contribution is 2.15. The van der Waals surface area contributed by atoms with Gasteiger partial charge < -0.3 is 10.6 Å². The number of carbonyl (C=O) groups is 2. The monoisotopic (exact) mass is 304 g/mol. The van der Waals surface area contributed by atoms with Crippen molar-refractivity contribution in [2.45, 2.75) is 13.3 Å². The maximum Gasteiger partial charge on any atom is 0.233 e. The summed E-state index contributed by atoms with van der Waals surface area (Å²) in [5.41, 5.74) is 1.44. The van der Waals surface area contributed by atoms with Crippen LogP contribution in [0, 0.1) is 18.6 Å². The molecule has 0 unspecified atom stereocenters. The van der Waals surface area contributed by atoms with Crippen molar-refractivity contribution in [3.8, 4) is 0 Å². The lowest BCUT2D eigenvalue weighted by Crippen LogP contribution is -2.21. The molecule has 2 rings (SSSR count). The lowest BCUT2D eigenvalue weighted by molar-refractivity contribution is -0.123. The molecule has 2 aromatic carbocycles. The van der Waals surface area contributed by atoms with Crippen molar-refractivity contribution in [2.75, 3.05) is 10.6 Å². The largest absolute Gasteiger partial charge is 0.326 e. The van der Waals surface area contributed by atoms with Crippen LogP contribution in [-0.4, -0.2) is 11.8 Å². The maximum atomic E-state index is 13.4. The fourth-order valence-corrected chi connectivity index (χ4v) is 1.77. The Morgan fingerprint density at radius 3 is 2.23 bits per heavy atom. The van der Waals surface area contributed by atoms with E-state index in [9.17, 15) is 18.4 Å². The van der Waals surface area contributed by atoms with Crippen molar-refractivity contribution in [2.24, 2.45) is 0 Å². The number of nitrogens with one attached hydrogen (secondary N) is 2. The molecule has 0 aliphatic rings. The van der Waals surface area contributed by atoms with Gasteiger partial charge in [-0.15, -0.1) is 0 Å². The van der Waals surface area contributed by atoms with Crippen LogP contribution in [-0.2, 0) is 9.59 Å². The molecular weight excluding hydrogens is 290 g/mol. The summed E-state index contributed by atoms with van der Waals surface area (Å²) in [6.45, 7) is 1.91. The SMILES string of the molecule is Cc1ccc(NC(=O)CC(=O)Nc2ccc(F)cc2F)cc1. The van der Waals surface area contributed by atoms with E-state index in [0.717, 1.165) is 17.7 Å². The van der Waals surface area contributed by atoms with Crippen LogP contribution in [0.2, 0.25) is 0 Å². The summed E-state index contributed by atoms with van der Waals surface area (Å²) >= 11 is 0. The van der Waals surface area contributed by atoms with E-state index in [1.807, 2.05) is 19.1 Å². The number of rotatable bonds is 4. The van der Waals surface area contributed by atoms with Gasteiger partial charge in [0.05, 0.1) is 5.69 Å². The molecule has 0 atom stereocenters. The molecule has 4 nitrogen and oxygen atoms in total. The number of carbonyl (C=O) groups excluding carboxylic acids is 2. The van der Waals surface area contributed by atoms with Crippen LogP contribution in [0.1, 0.15) is 12.0 Å². The summed E-state index contributed by atoms with van der Waals surface area (Å²) in [6.07, 6.45) is -0.468. The molecule has 0 heterocycles. The van der Waals surface area contributed by atoms with Crippen LogP contribution < -0.4 is 10.6 Å². The zero-order valence-corrected chi connectivity index (χ0v) is 11.8. The Balaban J connectivity index is 1.91. The Morgan fingerprint density at radius 2 is 1.59 bits per heavy atom. The number of halogens is 2. The lowest BCUT2D eigenvalue weighted by Gasteiger charge is -2.07. The molecule has 114 valence electrons. The fourth-order valence-electron chi connectivity index (χ4n) is 1.77. The van der Waals surface area contributed by atoms with Gasteiger partial charge in [0.1, 0.15) is 18.1 Å². The molecule has 0 aliphatic carbocycles. The third-order valence-electron chi connectivity index (χ3n) is 2.86. The van der Waals surface area contributed by atoms with E-state index in [4.69, 9.17) is 0 Å². The van der Waals surface area contributed by atoms with E-state index in [2.05, 4.69) is 10.6 Å². The summed E-state index contributed by atoms with van der Waals surface area (Å²) in [5, 5.41) is 4.78. The Labute approximate surface area is 126 Å². The summed E-state index contributed by atoms with van der Waals surface area (Å²) < 4.78 is 26.1. The van der Waals surface area contributed by atoms with Crippen LogP contribution in [0.4, 0.5) is 20.2 Å². The van der Waals surface area contributed by atoms with Gasteiger partial charge in [0, 0.05) is 11.8 Å². The minimum Gasteiger partial charge on any atom is -0.326 e. The van der Waals surface area contributed by atoms with Gasteiger partial charge in [-0.05, 0) is 31.2 Å². The van der Waals surface area contributed by atoms with Crippen LogP contribution in [0.15, 0.2) is 42.5 Å². The minimum atomic E-state index is -0.896. The summed E-state index contributed by atoms with van der Waals surface area (Å²) in [4.78, 5) is 23.4. The number of hydrogen-bond acceptors (Lipinski definition) is 2. The van der Waals surface area contributed by atoms with Crippen LogP contribution in [0.25, 0.3) is 0 Å². The molecular formula is C16H14F2N2O2. The molecule has 0 fully saturated rings. The predicted octanol–water partition coefficient (Wildman–Crippen LogP) is 3.24. The average Bonchev–Trinajstić information content (AvgIpc) is 2.44. The van der Waals surface area contributed by atoms with Gasteiger partial charge in [0.15, 0.2) is 0 Å². The van der Waals surface area contributed by atoms with Crippen molar-refractivity contribution in [3.05, 3.63) is 59.7 Å². The van der Waals surface area contributed by atoms with E-state index < -0.39 is 29.9 Å². The third kappa shape index (κ3) is 4.37. The summed E-state index contributed by atoms with van der Waals surface area (Å²) in [7, 11) is 0. The minimum absolute atomic E-state index is 0.172. The molecule has 0 radical (unpaired) electrons. The van der Waals surface area contributed by atoms with Crippen molar-refractivity contribution < 1.29 is 18.4 Å². The molecule has 0 bridgehead atoms. The number of aryl methyl sites for hydroxylation is 1. The Kier molecular flexibility index (Phi) is 4.83. The van der Waals surface area contributed by atoms with E-state index in [-0.39, 0.29) is 5.69 Å². The highest BCUT2D eigenvalue weighted by molar-refractivity contribution is 6.08. The molecule has 2 N–H and O–H groups in total. The Morgan fingerprint density at radius 1 is 0.955 bits per heavy atom. The van der Waals surface area contributed by atoms with Gasteiger partial charge in [-0.1, -0.05) is 17.7 Å². The van der Waals surface area contributed by atoms with Crippen LogP contribution in [0.3, 0.4) is 0 Å². The first-order valence-electron chi connectivity index (χ1n) is 6.55. The smallest absolute Gasteiger partial charge is 0.233 e. The highest BCUT2D eigenvalue weighted by Gasteiger charge is 2.12. The molecule has 0 spiro atoms. The van der Waals surface area contributed by atoms with Gasteiger partial charge in [-0.25, -0.2) is 8.78 Å². The second kappa shape index (κ2) is 6.80.